The van der Waals surface area contributed by atoms with Gasteiger partial charge in [-0.3, -0.25) is 3.59 Å². The summed E-state index contributed by atoms with van der Waals surface area (Å²) in [5.41, 5.74) is 0.710. The number of nitrogens with one attached hydrogen (secondary N) is 1. The number of rotatable bonds is 4. The molecule has 1 aromatic heterocycles. The van der Waals surface area contributed by atoms with Gasteiger partial charge in [0.05, 0.1) is 33.3 Å². The Morgan fingerprint density at radius 3 is 2.86 bits per heavy atom. The van der Waals surface area contributed by atoms with Gasteiger partial charge < -0.3 is 0 Å². The summed E-state index contributed by atoms with van der Waals surface area (Å²) in [4.78, 5) is 4.02. The predicted octanol–water partition coefficient (Wildman–Crippen LogP) is 0.561. The van der Waals surface area contributed by atoms with E-state index in [1.165, 1.54) is 0 Å². The molecule has 5 nitrogen and oxygen atoms in total. The van der Waals surface area contributed by atoms with Gasteiger partial charge in [0.2, 0.25) is 10.0 Å². The molecule has 0 saturated heterocycles. The van der Waals surface area contributed by atoms with Crippen molar-refractivity contribution in [1.29, 1.82) is 0 Å². The number of nitrogens with zero attached hydrogens (tertiary/aromatic N) is 2. The van der Waals surface area contributed by atoms with Gasteiger partial charge >= 0.3 is 0 Å². The average molecular weight is 300 g/mol. The van der Waals surface area contributed by atoms with Crippen LogP contribution >= 0.6 is 28.8 Å². The van der Waals surface area contributed by atoms with Gasteiger partial charge in [0.1, 0.15) is 6.33 Å². The zero-order valence-electron chi connectivity index (χ0n) is 7.38. The minimum Gasteiger partial charge on any atom is -0.272 e. The molecule has 0 saturated carbocycles. The van der Waals surface area contributed by atoms with Crippen LogP contribution in [0.15, 0.2) is 12.5 Å². The first-order valence-electron chi connectivity index (χ1n) is 3.71. The van der Waals surface area contributed by atoms with Gasteiger partial charge in [0.25, 0.3) is 0 Å². The molecule has 1 rings (SSSR count). The highest BCUT2D eigenvalue weighted by Crippen LogP contribution is 2.17. The second-order valence-electron chi connectivity index (χ2n) is 2.78. The van der Waals surface area contributed by atoms with Crippen molar-refractivity contribution in [1.82, 2.24) is 13.3 Å². The second-order valence-corrected chi connectivity index (χ2v) is 6.05. The zero-order valence-corrected chi connectivity index (χ0v) is 10.7. The lowest BCUT2D eigenvalue weighted by atomic mass is 10.3. The summed E-state index contributed by atoms with van der Waals surface area (Å²) in [7, 11) is -3.17. The normalized spacial score (nSPS) is 14.2. The molecule has 0 bridgehead atoms. The highest BCUT2D eigenvalue weighted by atomic mass is 79.9. The second kappa shape index (κ2) is 4.65. The summed E-state index contributed by atoms with van der Waals surface area (Å²) in [6, 6.07) is 0. The SMILES string of the molecule is CS(=O)(=O)NCC(S)c1cn(Br)cn1. The molecule has 80 valence electrons. The first-order chi connectivity index (χ1) is 6.38. The highest BCUT2D eigenvalue weighted by Gasteiger charge is 2.11. The summed E-state index contributed by atoms with van der Waals surface area (Å²) < 4.78 is 25.5. The summed E-state index contributed by atoms with van der Waals surface area (Å²) >= 11 is 7.39. The third kappa shape index (κ3) is 3.99. The fourth-order valence-corrected chi connectivity index (χ4v) is 1.94. The van der Waals surface area contributed by atoms with Crippen LogP contribution in [0.4, 0.5) is 0 Å². The molecule has 0 aliphatic heterocycles. The van der Waals surface area contributed by atoms with Crippen LogP contribution in [0.5, 0.6) is 0 Å². The van der Waals surface area contributed by atoms with Crippen molar-refractivity contribution in [3.05, 3.63) is 18.2 Å². The van der Waals surface area contributed by atoms with Crippen molar-refractivity contribution in [2.45, 2.75) is 5.25 Å². The Kier molecular flexibility index (Phi) is 3.99. The Bertz CT molecular complexity index is 403. The van der Waals surface area contributed by atoms with E-state index in [4.69, 9.17) is 0 Å². The fourth-order valence-electron chi connectivity index (χ4n) is 0.822. The van der Waals surface area contributed by atoms with Gasteiger partial charge in [-0.25, -0.2) is 18.1 Å². The standard InChI is InChI=1S/C6H10BrN3O2S2/c1-14(11,12)9-2-6(13)5-3-10(7)4-8-5/h3-4,6,9,13H,2H2,1H3. The lowest BCUT2D eigenvalue weighted by Gasteiger charge is -2.07. The molecule has 0 aromatic carbocycles. The molecule has 0 radical (unpaired) electrons. The largest absolute Gasteiger partial charge is 0.272 e. The van der Waals surface area contributed by atoms with E-state index in [1.54, 1.807) is 16.1 Å². The Morgan fingerprint density at radius 1 is 1.79 bits per heavy atom. The highest BCUT2D eigenvalue weighted by molar-refractivity contribution is 9.08. The molecule has 8 heteroatoms. The van der Waals surface area contributed by atoms with E-state index >= 15 is 0 Å². The van der Waals surface area contributed by atoms with Crippen LogP contribution in [0.2, 0.25) is 0 Å². The summed E-state index contributed by atoms with van der Waals surface area (Å²) in [5, 5.41) is -0.247. The first kappa shape index (κ1) is 12.0. The molecule has 1 atom stereocenters. The number of hydrogen-bond donors (Lipinski definition) is 2. The number of hydrogen-bond acceptors (Lipinski definition) is 4. The van der Waals surface area contributed by atoms with Gasteiger partial charge in [0, 0.05) is 12.7 Å². The molecule has 1 unspecified atom stereocenters. The molecular weight excluding hydrogens is 290 g/mol. The van der Waals surface area contributed by atoms with E-state index in [9.17, 15) is 8.42 Å². The van der Waals surface area contributed by atoms with Crippen LogP contribution in [-0.2, 0) is 10.0 Å². The van der Waals surface area contributed by atoms with Crippen molar-refractivity contribution in [2.75, 3.05) is 12.8 Å². The number of imidazole rings is 1. The summed E-state index contributed by atoms with van der Waals surface area (Å²) in [5.74, 6) is 0. The Hall–Kier alpha value is -0.0500. The van der Waals surface area contributed by atoms with E-state index in [0.29, 0.717) is 5.69 Å². The Labute approximate surface area is 96.7 Å². The fraction of sp³-hybridized carbons (Fsp3) is 0.500. The molecule has 0 aliphatic carbocycles. The summed E-state index contributed by atoms with van der Waals surface area (Å²) in [6.45, 7) is 0.228. The third-order valence-corrected chi connectivity index (χ3v) is 2.98. The van der Waals surface area contributed by atoms with Crippen LogP contribution in [0.25, 0.3) is 0 Å². The molecule has 0 amide bonds. The molecule has 1 heterocycles. The maximum Gasteiger partial charge on any atom is 0.208 e. The van der Waals surface area contributed by atoms with Crippen LogP contribution in [0, 0.1) is 0 Å². The maximum atomic E-state index is 10.8. The van der Waals surface area contributed by atoms with Crippen molar-refractivity contribution < 1.29 is 8.42 Å². The van der Waals surface area contributed by atoms with E-state index in [2.05, 4.69) is 38.5 Å². The molecule has 14 heavy (non-hydrogen) atoms. The molecule has 0 spiro atoms. The van der Waals surface area contributed by atoms with E-state index in [-0.39, 0.29) is 11.8 Å². The average Bonchev–Trinajstić information content (AvgIpc) is 2.46. The van der Waals surface area contributed by atoms with Gasteiger partial charge in [-0.1, -0.05) is 0 Å². The number of aromatic nitrogens is 2. The predicted molar refractivity (Wildman–Crippen MR) is 61.1 cm³/mol. The minimum absolute atomic E-state index is 0.228. The summed E-state index contributed by atoms with van der Waals surface area (Å²) in [6.07, 6.45) is 4.40. The van der Waals surface area contributed by atoms with Crippen LogP contribution in [0.3, 0.4) is 0 Å². The Morgan fingerprint density at radius 2 is 2.43 bits per heavy atom. The quantitative estimate of drug-likeness (QED) is 0.799. The van der Waals surface area contributed by atoms with Crippen molar-refractivity contribution >= 4 is 38.8 Å². The molecular formula is C6H10BrN3O2S2. The van der Waals surface area contributed by atoms with Crippen molar-refractivity contribution in [3.63, 3.8) is 0 Å². The topological polar surface area (TPSA) is 64.0 Å². The molecule has 1 N–H and O–H groups in total. The number of halogens is 1. The van der Waals surface area contributed by atoms with Crippen LogP contribution < -0.4 is 4.72 Å². The number of thiol groups is 1. The molecule has 0 aliphatic rings. The van der Waals surface area contributed by atoms with E-state index in [0.717, 1.165) is 6.26 Å². The van der Waals surface area contributed by atoms with Crippen molar-refractivity contribution in [2.24, 2.45) is 0 Å². The Balaban J connectivity index is 2.55. The van der Waals surface area contributed by atoms with Crippen molar-refractivity contribution in [3.8, 4) is 0 Å². The van der Waals surface area contributed by atoms with Crippen LogP contribution in [-0.4, -0.2) is 29.8 Å². The van der Waals surface area contributed by atoms with Crippen LogP contribution in [0.1, 0.15) is 10.9 Å². The third-order valence-electron chi connectivity index (χ3n) is 1.45. The van der Waals surface area contributed by atoms with E-state index in [1.807, 2.05) is 0 Å². The van der Waals surface area contributed by atoms with E-state index < -0.39 is 10.0 Å². The molecule has 0 fully saturated rings. The molecule has 1 aromatic rings. The minimum atomic E-state index is -3.17. The smallest absolute Gasteiger partial charge is 0.208 e. The lowest BCUT2D eigenvalue weighted by molar-refractivity contribution is 0.587. The van der Waals surface area contributed by atoms with Gasteiger partial charge in [-0.15, -0.1) is 0 Å². The lowest BCUT2D eigenvalue weighted by Crippen LogP contribution is -2.25. The monoisotopic (exact) mass is 299 g/mol. The maximum absolute atomic E-state index is 10.8. The van der Waals surface area contributed by atoms with Gasteiger partial charge in [0.15, 0.2) is 0 Å². The van der Waals surface area contributed by atoms with Gasteiger partial charge in [-0.2, -0.15) is 12.6 Å². The van der Waals surface area contributed by atoms with Gasteiger partial charge in [-0.05, 0) is 0 Å². The first-order valence-corrected chi connectivity index (χ1v) is 6.83. The zero-order chi connectivity index (χ0) is 10.8. The number of sulfonamides is 1.